The number of ether oxygens (including phenoxy) is 1. The first-order valence-corrected chi connectivity index (χ1v) is 7.61. The van der Waals surface area contributed by atoms with Gasteiger partial charge < -0.3 is 4.74 Å². The number of hydrogen-bond acceptors (Lipinski definition) is 2. The molecule has 0 radical (unpaired) electrons. The van der Waals surface area contributed by atoms with E-state index in [0.717, 1.165) is 12.8 Å². The smallest absolute Gasteiger partial charge is 0.305 e. The summed E-state index contributed by atoms with van der Waals surface area (Å²) in [6, 6.07) is 0. The van der Waals surface area contributed by atoms with Gasteiger partial charge in [-0.2, -0.15) is 0 Å². The van der Waals surface area contributed by atoms with Gasteiger partial charge in [-0.3, -0.25) is 4.79 Å². The van der Waals surface area contributed by atoms with Crippen LogP contribution in [0.5, 0.6) is 0 Å². The molecule has 2 nitrogen and oxygen atoms in total. The minimum Gasteiger partial charge on any atom is -0.466 e. The van der Waals surface area contributed by atoms with Crippen molar-refractivity contribution in [3.8, 4) is 0 Å². The fourth-order valence-corrected chi connectivity index (χ4v) is 1.79. The molecule has 0 aliphatic carbocycles. The zero-order chi connectivity index (χ0) is 13.9. The fourth-order valence-electron chi connectivity index (χ4n) is 1.79. The van der Waals surface area contributed by atoms with Crippen molar-refractivity contribution in [2.24, 2.45) is 5.41 Å². The average molecular weight is 256 g/mol. The van der Waals surface area contributed by atoms with E-state index >= 15 is 0 Å². The van der Waals surface area contributed by atoms with Gasteiger partial charge in [0.1, 0.15) is 0 Å². The summed E-state index contributed by atoms with van der Waals surface area (Å²) in [6.07, 6.45) is 10.3. The van der Waals surface area contributed by atoms with Crippen LogP contribution in [0.1, 0.15) is 85.5 Å². The van der Waals surface area contributed by atoms with E-state index < -0.39 is 0 Å². The first-order chi connectivity index (χ1) is 8.45. The summed E-state index contributed by atoms with van der Waals surface area (Å²) in [5.41, 5.74) is 0.221. The maximum Gasteiger partial charge on any atom is 0.305 e. The summed E-state index contributed by atoms with van der Waals surface area (Å²) in [5, 5.41) is 0. The highest BCUT2D eigenvalue weighted by molar-refractivity contribution is 5.69. The summed E-state index contributed by atoms with van der Waals surface area (Å²) in [4.78, 5) is 11.4. The molecule has 0 N–H and O–H groups in total. The van der Waals surface area contributed by atoms with Crippen molar-refractivity contribution < 1.29 is 9.53 Å². The van der Waals surface area contributed by atoms with Crippen LogP contribution in [0.4, 0.5) is 0 Å². The highest BCUT2D eigenvalue weighted by atomic mass is 16.5. The predicted octanol–water partition coefficient (Wildman–Crippen LogP) is 5.11. The predicted molar refractivity (Wildman–Crippen MR) is 77.6 cm³/mol. The second-order valence-corrected chi connectivity index (χ2v) is 6.40. The Morgan fingerprint density at radius 1 is 0.944 bits per heavy atom. The Bertz CT molecular complexity index is 204. The molecule has 108 valence electrons. The molecule has 0 atom stereocenters. The van der Waals surface area contributed by atoms with Crippen LogP contribution in [0, 0.1) is 5.41 Å². The second kappa shape index (κ2) is 10.4. The second-order valence-electron chi connectivity index (χ2n) is 6.40. The normalized spacial score (nSPS) is 11.6. The van der Waals surface area contributed by atoms with Gasteiger partial charge in [-0.25, -0.2) is 0 Å². The molecular formula is C16H32O2. The van der Waals surface area contributed by atoms with Crippen molar-refractivity contribution in [2.75, 3.05) is 6.61 Å². The fraction of sp³-hybridized carbons (Fsp3) is 0.938. The summed E-state index contributed by atoms with van der Waals surface area (Å²) < 4.78 is 5.23. The quantitative estimate of drug-likeness (QED) is 0.401. The average Bonchev–Trinajstić information content (AvgIpc) is 2.29. The molecular weight excluding hydrogens is 224 g/mol. The van der Waals surface area contributed by atoms with Gasteiger partial charge in [-0.15, -0.1) is 0 Å². The first-order valence-electron chi connectivity index (χ1n) is 7.61. The van der Waals surface area contributed by atoms with Crippen molar-refractivity contribution in [3.05, 3.63) is 0 Å². The van der Waals surface area contributed by atoms with Gasteiger partial charge >= 0.3 is 5.97 Å². The molecule has 0 aromatic carbocycles. The van der Waals surface area contributed by atoms with Gasteiger partial charge in [0.05, 0.1) is 6.61 Å². The molecule has 0 spiro atoms. The van der Waals surface area contributed by atoms with Crippen molar-refractivity contribution in [1.29, 1.82) is 0 Å². The molecule has 0 aromatic heterocycles. The maximum absolute atomic E-state index is 11.4. The first kappa shape index (κ1) is 17.5. The molecule has 0 bridgehead atoms. The number of hydrogen-bond donors (Lipinski definition) is 0. The highest BCUT2D eigenvalue weighted by Gasteiger charge is 2.13. The lowest BCUT2D eigenvalue weighted by Gasteiger charge is -2.16. The summed E-state index contributed by atoms with van der Waals surface area (Å²) in [6.45, 7) is 9.29. The zero-order valence-electron chi connectivity index (χ0n) is 12.9. The minimum atomic E-state index is -0.0316. The number of unbranched alkanes of at least 4 members (excludes halogenated alkanes) is 6. The molecule has 0 saturated carbocycles. The number of esters is 1. The monoisotopic (exact) mass is 256 g/mol. The molecule has 2 heteroatoms. The molecule has 0 aliphatic rings. The Balaban J connectivity index is 3.25. The van der Waals surface area contributed by atoms with E-state index in [2.05, 4.69) is 27.7 Å². The Hall–Kier alpha value is -0.530. The van der Waals surface area contributed by atoms with Gasteiger partial charge in [-0.1, -0.05) is 66.2 Å². The van der Waals surface area contributed by atoms with Crippen LogP contribution in [0.15, 0.2) is 0 Å². The number of rotatable bonds is 10. The third-order valence-electron chi connectivity index (χ3n) is 3.09. The van der Waals surface area contributed by atoms with Crippen LogP contribution >= 0.6 is 0 Å². The van der Waals surface area contributed by atoms with E-state index in [9.17, 15) is 4.79 Å². The molecule has 18 heavy (non-hydrogen) atoms. The third kappa shape index (κ3) is 13.5. The molecule has 0 unspecified atom stereocenters. The lowest BCUT2D eigenvalue weighted by atomic mass is 9.91. The van der Waals surface area contributed by atoms with Crippen LogP contribution in [-0.4, -0.2) is 12.6 Å². The van der Waals surface area contributed by atoms with E-state index in [4.69, 9.17) is 4.74 Å². The summed E-state index contributed by atoms with van der Waals surface area (Å²) in [5.74, 6) is -0.0316. The van der Waals surface area contributed by atoms with Crippen LogP contribution in [0.3, 0.4) is 0 Å². The Kier molecular flexibility index (Phi) is 10.1. The van der Waals surface area contributed by atoms with E-state index in [1.807, 2.05) is 0 Å². The van der Waals surface area contributed by atoms with Crippen LogP contribution in [-0.2, 0) is 9.53 Å². The van der Waals surface area contributed by atoms with E-state index in [-0.39, 0.29) is 11.4 Å². The Morgan fingerprint density at radius 2 is 1.50 bits per heavy atom. The van der Waals surface area contributed by atoms with Crippen molar-refractivity contribution in [3.63, 3.8) is 0 Å². The lowest BCUT2D eigenvalue weighted by Crippen LogP contribution is -2.11. The zero-order valence-corrected chi connectivity index (χ0v) is 12.9. The molecule has 0 rings (SSSR count). The van der Waals surface area contributed by atoms with Crippen molar-refractivity contribution >= 4 is 5.97 Å². The topological polar surface area (TPSA) is 26.3 Å². The van der Waals surface area contributed by atoms with Gasteiger partial charge in [-0.05, 0) is 18.3 Å². The minimum absolute atomic E-state index is 0.0316. The van der Waals surface area contributed by atoms with Crippen LogP contribution in [0.2, 0.25) is 0 Å². The molecule has 0 aliphatic heterocycles. The van der Waals surface area contributed by atoms with Gasteiger partial charge in [0, 0.05) is 6.42 Å². The standard InChI is InChI=1S/C16H32O2/c1-5-6-7-8-9-10-11-14-18-15(17)12-13-16(2,3)4/h5-14H2,1-4H3. The largest absolute Gasteiger partial charge is 0.466 e. The van der Waals surface area contributed by atoms with Gasteiger partial charge in [0.25, 0.3) is 0 Å². The molecule has 0 amide bonds. The molecule has 0 fully saturated rings. The molecule has 0 aromatic rings. The SMILES string of the molecule is CCCCCCCCCOC(=O)CCC(C)(C)C. The van der Waals surface area contributed by atoms with E-state index in [0.29, 0.717) is 13.0 Å². The van der Waals surface area contributed by atoms with Crippen molar-refractivity contribution in [1.82, 2.24) is 0 Å². The highest BCUT2D eigenvalue weighted by Crippen LogP contribution is 2.20. The molecule has 0 heterocycles. The summed E-state index contributed by atoms with van der Waals surface area (Å²) >= 11 is 0. The number of carbonyl (C=O) groups excluding carboxylic acids is 1. The molecule has 0 saturated heterocycles. The van der Waals surface area contributed by atoms with Gasteiger partial charge in [0.2, 0.25) is 0 Å². The maximum atomic E-state index is 11.4. The van der Waals surface area contributed by atoms with Crippen molar-refractivity contribution in [2.45, 2.75) is 85.5 Å². The number of carbonyl (C=O) groups is 1. The van der Waals surface area contributed by atoms with Crippen LogP contribution < -0.4 is 0 Å². The Labute approximate surface area is 113 Å². The van der Waals surface area contributed by atoms with Gasteiger partial charge in [0.15, 0.2) is 0 Å². The third-order valence-corrected chi connectivity index (χ3v) is 3.09. The van der Waals surface area contributed by atoms with E-state index in [1.165, 1.54) is 38.5 Å². The van der Waals surface area contributed by atoms with Crippen LogP contribution in [0.25, 0.3) is 0 Å². The lowest BCUT2D eigenvalue weighted by molar-refractivity contribution is -0.144. The Morgan fingerprint density at radius 3 is 2.06 bits per heavy atom. The van der Waals surface area contributed by atoms with E-state index in [1.54, 1.807) is 0 Å². The summed E-state index contributed by atoms with van der Waals surface area (Å²) in [7, 11) is 0.